The first-order chi connectivity index (χ1) is 17.1. The summed E-state index contributed by atoms with van der Waals surface area (Å²) in [6, 6.07) is 19.5. The second-order valence-electron chi connectivity index (χ2n) is 7.47. The molecule has 3 aromatic rings. The molecular formula is C26H24N2O6S. The Morgan fingerprint density at radius 3 is 2.49 bits per heavy atom. The van der Waals surface area contributed by atoms with Crippen LogP contribution < -0.4 is 15.4 Å². The van der Waals surface area contributed by atoms with Crippen molar-refractivity contribution >= 4 is 29.3 Å². The van der Waals surface area contributed by atoms with Gasteiger partial charge in [-0.1, -0.05) is 54.6 Å². The van der Waals surface area contributed by atoms with Gasteiger partial charge < -0.3 is 24.8 Å². The molecule has 1 unspecified atom stereocenters. The van der Waals surface area contributed by atoms with Gasteiger partial charge in [-0.25, -0.2) is 14.4 Å². The maximum absolute atomic E-state index is 12.7. The largest absolute Gasteiger partial charge is 0.481 e. The van der Waals surface area contributed by atoms with Crippen molar-refractivity contribution in [2.45, 2.75) is 13.0 Å². The van der Waals surface area contributed by atoms with Gasteiger partial charge in [-0.3, -0.25) is 0 Å². The Kier molecular flexibility index (Phi) is 7.79. The third-order valence-corrected chi connectivity index (χ3v) is 6.11. The number of para-hydroxylation sites is 1. The van der Waals surface area contributed by atoms with Crippen molar-refractivity contribution in [3.8, 4) is 16.9 Å². The standard InChI is InChI=1S/C26H24N2O6S/c1-2-32-25(30)23-19(27-26(31)28-24(23)21-13-8-14-35-21)15-34-22(29)16-33-20-12-7-6-11-18(20)17-9-4-3-5-10-17/h3-14,24H,2,15-16H2,1H3,(H2,27,28,31). The van der Waals surface area contributed by atoms with Crippen LogP contribution in [0.4, 0.5) is 4.79 Å². The van der Waals surface area contributed by atoms with Crippen molar-refractivity contribution in [3.05, 3.63) is 88.3 Å². The van der Waals surface area contributed by atoms with Crippen LogP contribution >= 0.6 is 11.3 Å². The number of rotatable bonds is 9. The fraction of sp³-hybridized carbons (Fsp3) is 0.192. The summed E-state index contributed by atoms with van der Waals surface area (Å²) in [5, 5.41) is 7.15. The third kappa shape index (κ3) is 5.88. The van der Waals surface area contributed by atoms with E-state index in [2.05, 4.69) is 10.6 Å². The molecule has 2 N–H and O–H groups in total. The summed E-state index contributed by atoms with van der Waals surface area (Å²) >= 11 is 1.39. The van der Waals surface area contributed by atoms with Crippen LogP contribution in [0.1, 0.15) is 17.8 Å². The lowest BCUT2D eigenvalue weighted by molar-refractivity contribution is -0.145. The zero-order chi connectivity index (χ0) is 24.6. The number of benzene rings is 2. The average molecular weight is 493 g/mol. The van der Waals surface area contributed by atoms with Gasteiger partial charge in [0.15, 0.2) is 6.61 Å². The zero-order valence-electron chi connectivity index (χ0n) is 19.0. The molecule has 0 bridgehead atoms. The summed E-state index contributed by atoms with van der Waals surface area (Å²) < 4.78 is 16.3. The van der Waals surface area contributed by atoms with Crippen LogP contribution in [0.25, 0.3) is 11.1 Å². The van der Waals surface area contributed by atoms with E-state index in [-0.39, 0.29) is 31.1 Å². The molecule has 0 radical (unpaired) electrons. The second kappa shape index (κ2) is 11.3. The molecule has 0 aliphatic carbocycles. The molecule has 0 spiro atoms. The van der Waals surface area contributed by atoms with Gasteiger partial charge in [0.1, 0.15) is 12.4 Å². The Morgan fingerprint density at radius 1 is 0.971 bits per heavy atom. The van der Waals surface area contributed by atoms with Crippen LogP contribution in [0.5, 0.6) is 5.75 Å². The fourth-order valence-electron chi connectivity index (χ4n) is 3.63. The van der Waals surface area contributed by atoms with Gasteiger partial charge in [0.2, 0.25) is 0 Å². The Hall–Kier alpha value is -4.11. The summed E-state index contributed by atoms with van der Waals surface area (Å²) in [5.74, 6) is -0.712. The topological polar surface area (TPSA) is 103 Å². The number of amides is 2. The number of carbonyl (C=O) groups excluding carboxylic acids is 3. The Bertz CT molecular complexity index is 1220. The lowest BCUT2D eigenvalue weighted by atomic mass is 10.0. The molecular weight excluding hydrogens is 468 g/mol. The van der Waals surface area contributed by atoms with Gasteiger partial charge in [0.05, 0.1) is 23.9 Å². The van der Waals surface area contributed by atoms with Crippen molar-refractivity contribution < 1.29 is 28.6 Å². The van der Waals surface area contributed by atoms with E-state index in [9.17, 15) is 14.4 Å². The zero-order valence-corrected chi connectivity index (χ0v) is 19.8. The van der Waals surface area contributed by atoms with Crippen molar-refractivity contribution in [3.63, 3.8) is 0 Å². The smallest absolute Gasteiger partial charge is 0.344 e. The summed E-state index contributed by atoms with van der Waals surface area (Å²) in [6.45, 7) is 1.20. The number of ether oxygens (including phenoxy) is 3. The molecule has 0 saturated carbocycles. The van der Waals surface area contributed by atoms with Crippen LogP contribution in [0.3, 0.4) is 0 Å². The van der Waals surface area contributed by atoms with E-state index in [0.717, 1.165) is 16.0 Å². The maximum atomic E-state index is 12.7. The number of urea groups is 1. The van der Waals surface area contributed by atoms with Gasteiger partial charge in [-0.2, -0.15) is 0 Å². The molecule has 4 rings (SSSR count). The van der Waals surface area contributed by atoms with Crippen molar-refractivity contribution in [1.82, 2.24) is 10.6 Å². The highest BCUT2D eigenvalue weighted by molar-refractivity contribution is 7.10. The predicted octanol–water partition coefficient (Wildman–Crippen LogP) is 4.21. The molecule has 2 amide bonds. The first-order valence-electron chi connectivity index (χ1n) is 11.0. The second-order valence-corrected chi connectivity index (χ2v) is 8.45. The minimum Gasteiger partial charge on any atom is -0.481 e. The first kappa shape index (κ1) is 24.0. The molecule has 1 aromatic heterocycles. The SMILES string of the molecule is CCOC(=O)C1=C(COC(=O)COc2ccccc2-c2ccccc2)NC(=O)NC1c1cccs1. The molecule has 2 aromatic carbocycles. The molecule has 0 fully saturated rings. The number of hydrogen-bond donors (Lipinski definition) is 2. The number of hydrogen-bond acceptors (Lipinski definition) is 7. The monoisotopic (exact) mass is 492 g/mol. The highest BCUT2D eigenvalue weighted by atomic mass is 32.1. The maximum Gasteiger partial charge on any atom is 0.344 e. The predicted molar refractivity (Wildman–Crippen MR) is 131 cm³/mol. The number of nitrogens with one attached hydrogen (secondary N) is 2. The van der Waals surface area contributed by atoms with E-state index in [1.54, 1.807) is 13.0 Å². The van der Waals surface area contributed by atoms with E-state index in [1.165, 1.54) is 11.3 Å². The molecule has 35 heavy (non-hydrogen) atoms. The minimum absolute atomic E-state index is 0.162. The Balaban J connectivity index is 1.47. The molecule has 8 nitrogen and oxygen atoms in total. The summed E-state index contributed by atoms with van der Waals surface area (Å²) in [6.07, 6.45) is 0. The van der Waals surface area contributed by atoms with Gasteiger partial charge in [0, 0.05) is 10.4 Å². The van der Waals surface area contributed by atoms with Crippen LogP contribution in [0, 0.1) is 0 Å². The summed E-state index contributed by atoms with van der Waals surface area (Å²) in [5.41, 5.74) is 2.16. The van der Waals surface area contributed by atoms with Gasteiger partial charge in [-0.05, 0) is 30.0 Å². The highest BCUT2D eigenvalue weighted by Crippen LogP contribution is 2.31. The van der Waals surface area contributed by atoms with E-state index < -0.39 is 24.0 Å². The van der Waals surface area contributed by atoms with Crippen LogP contribution in [0.15, 0.2) is 83.4 Å². The van der Waals surface area contributed by atoms with Crippen LogP contribution in [-0.2, 0) is 19.1 Å². The molecule has 1 atom stereocenters. The van der Waals surface area contributed by atoms with Crippen molar-refractivity contribution in [2.75, 3.05) is 19.8 Å². The molecule has 1 aliphatic heterocycles. The molecule has 9 heteroatoms. The Morgan fingerprint density at radius 2 is 1.74 bits per heavy atom. The molecule has 0 saturated heterocycles. The number of thiophene rings is 1. The number of esters is 2. The quantitative estimate of drug-likeness (QED) is 0.434. The van der Waals surface area contributed by atoms with Gasteiger partial charge in [0.25, 0.3) is 0 Å². The molecule has 2 heterocycles. The lowest BCUT2D eigenvalue weighted by Gasteiger charge is -2.28. The van der Waals surface area contributed by atoms with E-state index in [0.29, 0.717) is 5.75 Å². The Labute approximate surface area is 206 Å². The van der Waals surface area contributed by atoms with Crippen molar-refractivity contribution in [1.29, 1.82) is 0 Å². The van der Waals surface area contributed by atoms with Gasteiger partial charge in [-0.15, -0.1) is 11.3 Å². The van der Waals surface area contributed by atoms with Crippen LogP contribution in [-0.4, -0.2) is 37.8 Å². The van der Waals surface area contributed by atoms with Crippen molar-refractivity contribution in [2.24, 2.45) is 0 Å². The summed E-state index contributed by atoms with van der Waals surface area (Å²) in [7, 11) is 0. The van der Waals surface area contributed by atoms with Crippen LogP contribution in [0.2, 0.25) is 0 Å². The molecule has 1 aliphatic rings. The minimum atomic E-state index is -0.703. The number of carbonyl (C=O) groups is 3. The highest BCUT2D eigenvalue weighted by Gasteiger charge is 2.34. The molecule has 180 valence electrons. The fourth-order valence-corrected chi connectivity index (χ4v) is 4.41. The summed E-state index contributed by atoms with van der Waals surface area (Å²) in [4.78, 5) is 38.2. The van der Waals surface area contributed by atoms with E-state index >= 15 is 0 Å². The van der Waals surface area contributed by atoms with E-state index in [1.807, 2.05) is 66.0 Å². The van der Waals surface area contributed by atoms with Gasteiger partial charge >= 0.3 is 18.0 Å². The third-order valence-electron chi connectivity index (χ3n) is 5.17. The van der Waals surface area contributed by atoms with E-state index in [4.69, 9.17) is 14.2 Å². The first-order valence-corrected chi connectivity index (χ1v) is 11.9. The average Bonchev–Trinajstić information content (AvgIpc) is 3.42. The normalized spacial score (nSPS) is 15.1. The lowest BCUT2D eigenvalue weighted by Crippen LogP contribution is -2.47.